The van der Waals surface area contributed by atoms with Gasteiger partial charge in [-0.05, 0) is 81.3 Å². The van der Waals surface area contributed by atoms with Crippen molar-refractivity contribution in [2.75, 3.05) is 6.61 Å². The number of allylic oxidation sites excluding steroid dienone is 1. The number of ketones is 1. The first-order valence-corrected chi connectivity index (χ1v) is 13.2. The maximum atomic E-state index is 13.3. The molecular formula is C27H44O8. The third-order valence-electron chi connectivity index (χ3n) is 10.9. The number of hydrogen-bond donors (Lipinski definition) is 7. The lowest BCUT2D eigenvalue weighted by atomic mass is 9.45. The van der Waals surface area contributed by atoms with Crippen molar-refractivity contribution in [3.05, 3.63) is 11.6 Å². The molecule has 7 N–H and O–H groups in total. The van der Waals surface area contributed by atoms with Crippen LogP contribution in [0.1, 0.15) is 72.6 Å². The van der Waals surface area contributed by atoms with Gasteiger partial charge in [-0.25, -0.2) is 0 Å². The van der Waals surface area contributed by atoms with Crippen LogP contribution in [0.4, 0.5) is 0 Å². The van der Waals surface area contributed by atoms with Gasteiger partial charge in [-0.3, -0.25) is 4.79 Å². The molecule has 0 heterocycles. The number of hydrogen-bond acceptors (Lipinski definition) is 8. The maximum Gasteiger partial charge on any atom is 0.159 e. The second kappa shape index (κ2) is 8.86. The highest BCUT2D eigenvalue weighted by Gasteiger charge is 2.68. The van der Waals surface area contributed by atoms with Crippen LogP contribution in [0.5, 0.6) is 0 Å². The topological polar surface area (TPSA) is 159 Å². The van der Waals surface area contributed by atoms with E-state index in [1.54, 1.807) is 6.08 Å². The first-order valence-electron chi connectivity index (χ1n) is 13.2. The van der Waals surface area contributed by atoms with Crippen LogP contribution in [0.25, 0.3) is 0 Å². The molecule has 0 bridgehead atoms. The number of rotatable bonds is 6. The Kier molecular flexibility index (Phi) is 6.88. The smallest absolute Gasteiger partial charge is 0.159 e. The summed E-state index contributed by atoms with van der Waals surface area (Å²) in [5, 5.41) is 74.4. The fraction of sp³-hybridized carbons (Fsp3) is 0.889. The molecule has 8 nitrogen and oxygen atoms in total. The Bertz CT molecular complexity index is 871. The molecule has 0 radical (unpaired) electrons. The van der Waals surface area contributed by atoms with E-state index in [2.05, 4.69) is 0 Å². The average molecular weight is 497 g/mol. The highest BCUT2D eigenvalue weighted by atomic mass is 16.4. The van der Waals surface area contributed by atoms with Gasteiger partial charge >= 0.3 is 0 Å². The molecule has 0 aromatic heterocycles. The molecule has 2 unspecified atom stereocenters. The van der Waals surface area contributed by atoms with Crippen molar-refractivity contribution in [3.63, 3.8) is 0 Å². The Morgan fingerprint density at radius 2 is 1.80 bits per heavy atom. The fourth-order valence-electron chi connectivity index (χ4n) is 8.35. The second-order valence-corrected chi connectivity index (χ2v) is 12.8. The highest BCUT2D eigenvalue weighted by Crippen LogP contribution is 2.68. The van der Waals surface area contributed by atoms with Gasteiger partial charge in [0.1, 0.15) is 6.10 Å². The standard InChI is InChI=1S/C27H44O8/c1-14(19(29)7-8-24(2,34)13-28)15-6-10-27(35)17-11-20(30)18-12-21(31)22(32)23(33)26(18,4)16(17)5-9-25(15,27)3/h11,14-16,18-19,21-23,28-29,31-35H,5-10,12-13H2,1-4H3/t14-,15+,16-,18-,19+,21+,22+,23?,24?,25+,26+,27+/m0/s1. The second-order valence-electron chi connectivity index (χ2n) is 12.8. The van der Waals surface area contributed by atoms with E-state index in [-0.39, 0.29) is 43.0 Å². The molecule has 12 atom stereocenters. The summed E-state index contributed by atoms with van der Waals surface area (Å²) in [7, 11) is 0. The Hall–Kier alpha value is -0.870. The van der Waals surface area contributed by atoms with Crippen molar-refractivity contribution < 1.29 is 40.5 Å². The Morgan fingerprint density at radius 1 is 1.14 bits per heavy atom. The van der Waals surface area contributed by atoms with Crippen LogP contribution in [0.3, 0.4) is 0 Å². The summed E-state index contributed by atoms with van der Waals surface area (Å²) in [4.78, 5) is 13.3. The minimum Gasteiger partial charge on any atom is -0.393 e. The molecule has 35 heavy (non-hydrogen) atoms. The minimum absolute atomic E-state index is 0.0206. The SMILES string of the molecule is C[C@H]([C@H](O)CCC(C)(O)CO)[C@H]1CC[C@@]2(O)C3=CC(=O)[C@@H]4C[C@@H](O)[C@@H](O)C(O)[C@]4(C)[C@H]3CC[C@]12C. The Labute approximate surface area is 207 Å². The zero-order valence-corrected chi connectivity index (χ0v) is 21.4. The van der Waals surface area contributed by atoms with Crippen LogP contribution in [-0.4, -0.2) is 83.8 Å². The van der Waals surface area contributed by atoms with E-state index >= 15 is 0 Å². The molecule has 0 saturated heterocycles. The number of carbonyl (C=O) groups excluding carboxylic acids is 1. The van der Waals surface area contributed by atoms with E-state index in [1.165, 1.54) is 6.92 Å². The lowest BCUT2D eigenvalue weighted by molar-refractivity contribution is -0.199. The minimum atomic E-state index is -1.34. The summed E-state index contributed by atoms with van der Waals surface area (Å²) < 4.78 is 0. The zero-order chi connectivity index (χ0) is 26.1. The van der Waals surface area contributed by atoms with Crippen LogP contribution in [-0.2, 0) is 4.79 Å². The zero-order valence-electron chi connectivity index (χ0n) is 21.4. The summed E-state index contributed by atoms with van der Waals surface area (Å²) in [5.41, 5.74) is -3.45. The summed E-state index contributed by atoms with van der Waals surface area (Å²) in [6, 6.07) is 0. The van der Waals surface area contributed by atoms with Crippen molar-refractivity contribution >= 4 is 5.78 Å². The van der Waals surface area contributed by atoms with Gasteiger partial charge < -0.3 is 35.7 Å². The molecule has 0 aromatic carbocycles. The molecule has 3 saturated carbocycles. The molecule has 3 fully saturated rings. The maximum absolute atomic E-state index is 13.3. The molecule has 0 aromatic rings. The number of fused-ring (bicyclic) bond motifs is 5. The van der Waals surface area contributed by atoms with Crippen LogP contribution < -0.4 is 0 Å². The van der Waals surface area contributed by atoms with Crippen LogP contribution >= 0.6 is 0 Å². The van der Waals surface area contributed by atoms with Gasteiger partial charge in [0.05, 0.1) is 36.1 Å². The molecule has 4 aliphatic rings. The summed E-state index contributed by atoms with van der Waals surface area (Å²) >= 11 is 0. The fourth-order valence-corrected chi connectivity index (χ4v) is 8.35. The summed E-state index contributed by atoms with van der Waals surface area (Å²) in [6.45, 7) is 6.97. The predicted molar refractivity (Wildman–Crippen MR) is 128 cm³/mol. The van der Waals surface area contributed by atoms with E-state index in [0.29, 0.717) is 37.7 Å². The van der Waals surface area contributed by atoms with Crippen molar-refractivity contribution in [2.24, 2.45) is 34.5 Å². The summed E-state index contributed by atoms with van der Waals surface area (Å²) in [6.07, 6.45) is 0.118. The molecule has 200 valence electrons. The van der Waals surface area contributed by atoms with E-state index in [4.69, 9.17) is 0 Å². The highest BCUT2D eigenvalue weighted by molar-refractivity contribution is 5.95. The Morgan fingerprint density at radius 3 is 2.43 bits per heavy atom. The van der Waals surface area contributed by atoms with Crippen LogP contribution in [0.2, 0.25) is 0 Å². The largest absolute Gasteiger partial charge is 0.393 e. The molecule has 8 heteroatoms. The molecule has 4 aliphatic carbocycles. The van der Waals surface area contributed by atoms with Gasteiger partial charge in [-0.1, -0.05) is 20.8 Å². The number of aliphatic hydroxyl groups excluding tert-OH is 5. The first-order chi connectivity index (χ1) is 16.1. The third-order valence-corrected chi connectivity index (χ3v) is 10.9. The van der Waals surface area contributed by atoms with Gasteiger partial charge in [-0.15, -0.1) is 0 Å². The molecule has 0 aliphatic heterocycles. The van der Waals surface area contributed by atoms with Crippen molar-refractivity contribution in [1.82, 2.24) is 0 Å². The van der Waals surface area contributed by atoms with E-state index in [0.717, 1.165) is 0 Å². The molecule has 0 amide bonds. The van der Waals surface area contributed by atoms with Crippen molar-refractivity contribution in [3.8, 4) is 0 Å². The quantitative estimate of drug-likeness (QED) is 0.283. The monoisotopic (exact) mass is 496 g/mol. The van der Waals surface area contributed by atoms with Crippen molar-refractivity contribution in [2.45, 2.75) is 108 Å². The number of carbonyl (C=O) groups is 1. The molecule has 4 rings (SSSR count). The van der Waals surface area contributed by atoms with Crippen molar-refractivity contribution in [1.29, 1.82) is 0 Å². The predicted octanol–water partition coefficient (Wildman–Crippen LogP) is 0.682. The van der Waals surface area contributed by atoms with Gasteiger partial charge in [-0.2, -0.15) is 0 Å². The third kappa shape index (κ3) is 3.87. The van der Waals surface area contributed by atoms with E-state index in [1.807, 2.05) is 20.8 Å². The lowest BCUT2D eigenvalue weighted by Crippen LogP contribution is -2.66. The lowest BCUT2D eigenvalue weighted by Gasteiger charge is -2.61. The average Bonchev–Trinajstić information content (AvgIpc) is 3.09. The van der Waals surface area contributed by atoms with Crippen LogP contribution in [0, 0.1) is 34.5 Å². The van der Waals surface area contributed by atoms with Gasteiger partial charge in [0.25, 0.3) is 0 Å². The molecular weight excluding hydrogens is 452 g/mol. The van der Waals surface area contributed by atoms with Gasteiger partial charge in [0.2, 0.25) is 0 Å². The van der Waals surface area contributed by atoms with E-state index < -0.39 is 52.4 Å². The first kappa shape index (κ1) is 27.2. The normalized spacial score (nSPS) is 48.8. The van der Waals surface area contributed by atoms with Crippen LogP contribution in [0.15, 0.2) is 11.6 Å². The number of aliphatic hydroxyl groups is 7. The van der Waals surface area contributed by atoms with E-state index in [9.17, 15) is 40.5 Å². The Balaban J connectivity index is 1.63. The van der Waals surface area contributed by atoms with Gasteiger partial charge in [0, 0.05) is 16.7 Å². The summed E-state index contributed by atoms with van der Waals surface area (Å²) in [5.74, 6) is -1.31. The van der Waals surface area contributed by atoms with Gasteiger partial charge in [0.15, 0.2) is 5.78 Å². The molecule has 0 spiro atoms.